The maximum absolute atomic E-state index is 12.7. The largest absolute Gasteiger partial charge is 0.384 e. The molecular weight excluding hydrogens is 278 g/mol. The molecule has 2 rings (SSSR count). The van der Waals surface area contributed by atoms with Crippen molar-refractivity contribution in [2.75, 3.05) is 18.8 Å². The van der Waals surface area contributed by atoms with Crippen LogP contribution in [-0.2, 0) is 14.8 Å². The number of nitrogens with two attached hydrogens (primary N) is 1. The average Bonchev–Trinajstić information content (AvgIpc) is 2.24. The molecule has 0 unspecified atom stereocenters. The molecule has 0 bridgehead atoms. The normalized spacial score (nSPS) is 22.6. The van der Waals surface area contributed by atoms with Crippen LogP contribution in [0.5, 0.6) is 0 Å². The number of nitrogen functional groups attached to an aromatic ring is 1. The van der Waals surface area contributed by atoms with Crippen molar-refractivity contribution in [3.63, 3.8) is 0 Å². The minimum absolute atomic E-state index is 0.165. The van der Waals surface area contributed by atoms with Gasteiger partial charge >= 0.3 is 0 Å². The lowest BCUT2D eigenvalue weighted by Gasteiger charge is -2.46. The van der Waals surface area contributed by atoms with E-state index in [0.29, 0.717) is 13.1 Å². The number of morpholine rings is 1. The van der Waals surface area contributed by atoms with Crippen molar-refractivity contribution in [3.8, 4) is 0 Å². The Morgan fingerprint density at radius 1 is 1.25 bits per heavy atom. The van der Waals surface area contributed by atoms with Gasteiger partial charge in [0.1, 0.15) is 5.82 Å². The molecule has 1 aliphatic rings. The molecule has 2 N–H and O–H groups in total. The van der Waals surface area contributed by atoms with Crippen molar-refractivity contribution < 1.29 is 13.2 Å². The molecule has 1 saturated heterocycles. The van der Waals surface area contributed by atoms with Crippen molar-refractivity contribution >= 4 is 15.8 Å². The van der Waals surface area contributed by atoms with Crippen LogP contribution in [-0.4, -0.2) is 42.0 Å². The summed E-state index contributed by atoms with van der Waals surface area (Å²) < 4.78 is 32.8. The number of anilines is 1. The van der Waals surface area contributed by atoms with Crippen LogP contribution in [0.25, 0.3) is 0 Å². The van der Waals surface area contributed by atoms with Gasteiger partial charge in [-0.25, -0.2) is 13.4 Å². The van der Waals surface area contributed by atoms with Gasteiger partial charge in [-0.1, -0.05) is 0 Å². The van der Waals surface area contributed by atoms with Gasteiger partial charge in [-0.15, -0.1) is 0 Å². The topological polar surface area (TPSA) is 85.5 Å². The van der Waals surface area contributed by atoms with E-state index in [1.54, 1.807) is 0 Å². The first-order valence-corrected chi connectivity index (χ1v) is 7.88. The molecule has 20 heavy (non-hydrogen) atoms. The highest BCUT2D eigenvalue weighted by Crippen LogP contribution is 2.31. The van der Waals surface area contributed by atoms with Crippen molar-refractivity contribution in [1.29, 1.82) is 0 Å². The molecule has 112 valence electrons. The lowest BCUT2D eigenvalue weighted by atomic mass is 10.0. The standard InChI is InChI=1S/C13H21N3O3S/c1-12(2)8-16(9-13(3,4)19-12)20(17,18)10-5-6-15-11(14)7-10/h5-7H,8-9H2,1-4H3,(H2,14,15). The fourth-order valence-corrected chi connectivity index (χ4v) is 4.39. The maximum Gasteiger partial charge on any atom is 0.243 e. The Hall–Kier alpha value is -1.18. The fraction of sp³-hybridized carbons (Fsp3) is 0.615. The molecule has 0 amide bonds. The summed E-state index contributed by atoms with van der Waals surface area (Å²) in [5.74, 6) is 0.192. The van der Waals surface area contributed by atoms with Gasteiger partial charge in [0.25, 0.3) is 0 Å². The van der Waals surface area contributed by atoms with E-state index < -0.39 is 21.2 Å². The monoisotopic (exact) mass is 299 g/mol. The van der Waals surface area contributed by atoms with Gasteiger partial charge in [-0.3, -0.25) is 0 Å². The first-order chi connectivity index (χ1) is 9.02. The zero-order valence-corrected chi connectivity index (χ0v) is 13.1. The van der Waals surface area contributed by atoms with Gasteiger partial charge in [-0.2, -0.15) is 4.31 Å². The van der Waals surface area contributed by atoms with Gasteiger partial charge in [0.15, 0.2) is 0 Å². The number of ether oxygens (including phenoxy) is 1. The summed E-state index contributed by atoms with van der Waals surface area (Å²) in [6.45, 7) is 8.16. The number of nitrogens with zero attached hydrogens (tertiary/aromatic N) is 2. The average molecular weight is 299 g/mol. The highest BCUT2D eigenvalue weighted by Gasteiger charge is 2.43. The summed E-state index contributed by atoms with van der Waals surface area (Å²) in [6, 6.07) is 2.84. The van der Waals surface area contributed by atoms with E-state index >= 15 is 0 Å². The smallest absolute Gasteiger partial charge is 0.243 e. The predicted molar refractivity (Wildman–Crippen MR) is 76.7 cm³/mol. The molecule has 1 aromatic heterocycles. The lowest BCUT2D eigenvalue weighted by molar-refractivity contribution is -0.163. The second-order valence-corrected chi connectivity index (χ2v) is 8.25. The highest BCUT2D eigenvalue weighted by atomic mass is 32.2. The fourth-order valence-electron chi connectivity index (χ4n) is 2.63. The third kappa shape index (κ3) is 3.11. The van der Waals surface area contributed by atoms with E-state index in [2.05, 4.69) is 4.98 Å². The second-order valence-electron chi connectivity index (χ2n) is 6.31. The molecule has 1 aromatic rings. The molecule has 0 radical (unpaired) electrons. The number of aromatic nitrogens is 1. The quantitative estimate of drug-likeness (QED) is 0.888. The van der Waals surface area contributed by atoms with E-state index in [-0.39, 0.29) is 10.7 Å². The Kier molecular flexibility index (Phi) is 3.56. The van der Waals surface area contributed by atoms with Gasteiger partial charge in [0.05, 0.1) is 16.1 Å². The molecule has 1 aliphatic heterocycles. The van der Waals surface area contributed by atoms with Crippen LogP contribution in [0.3, 0.4) is 0 Å². The Morgan fingerprint density at radius 2 is 1.80 bits per heavy atom. The van der Waals surface area contributed by atoms with Crippen LogP contribution in [0.2, 0.25) is 0 Å². The molecule has 0 atom stereocenters. The number of hydrogen-bond donors (Lipinski definition) is 1. The van der Waals surface area contributed by atoms with Crippen LogP contribution in [0, 0.1) is 0 Å². The molecular formula is C13H21N3O3S. The molecule has 0 aromatic carbocycles. The van der Waals surface area contributed by atoms with E-state index in [9.17, 15) is 8.42 Å². The van der Waals surface area contributed by atoms with Crippen molar-refractivity contribution in [1.82, 2.24) is 9.29 Å². The van der Waals surface area contributed by atoms with Crippen LogP contribution in [0.15, 0.2) is 23.2 Å². The van der Waals surface area contributed by atoms with Gasteiger partial charge in [-0.05, 0) is 33.8 Å². The molecule has 2 heterocycles. The van der Waals surface area contributed by atoms with Gasteiger partial charge in [0.2, 0.25) is 10.0 Å². The Balaban J connectivity index is 2.39. The maximum atomic E-state index is 12.7. The molecule has 1 fully saturated rings. The molecule has 6 nitrogen and oxygen atoms in total. The summed E-state index contributed by atoms with van der Waals surface area (Å²) in [7, 11) is -3.59. The third-order valence-electron chi connectivity index (χ3n) is 3.06. The Labute approximate surface area is 120 Å². The second kappa shape index (κ2) is 4.68. The van der Waals surface area contributed by atoms with Crippen LogP contribution < -0.4 is 5.73 Å². The molecule has 0 spiro atoms. The minimum atomic E-state index is -3.59. The number of hydrogen-bond acceptors (Lipinski definition) is 5. The van der Waals surface area contributed by atoms with Crippen LogP contribution in [0.4, 0.5) is 5.82 Å². The van der Waals surface area contributed by atoms with E-state index in [0.717, 1.165) is 0 Å². The zero-order chi connectivity index (χ0) is 15.2. The van der Waals surface area contributed by atoms with Crippen molar-refractivity contribution in [3.05, 3.63) is 18.3 Å². The third-order valence-corrected chi connectivity index (χ3v) is 4.84. The number of rotatable bonds is 2. The summed E-state index contributed by atoms with van der Waals surface area (Å²) in [4.78, 5) is 3.99. The van der Waals surface area contributed by atoms with Gasteiger partial charge < -0.3 is 10.5 Å². The number of pyridine rings is 1. The Morgan fingerprint density at radius 3 is 2.30 bits per heavy atom. The summed E-state index contributed by atoms with van der Waals surface area (Å²) in [5, 5.41) is 0. The SMILES string of the molecule is CC1(C)CN(S(=O)(=O)c2ccnc(N)c2)CC(C)(C)O1. The molecule has 0 aliphatic carbocycles. The van der Waals surface area contributed by atoms with Crippen molar-refractivity contribution in [2.45, 2.75) is 43.8 Å². The van der Waals surface area contributed by atoms with Crippen LogP contribution >= 0.6 is 0 Å². The van der Waals surface area contributed by atoms with Crippen molar-refractivity contribution in [2.24, 2.45) is 0 Å². The van der Waals surface area contributed by atoms with E-state index in [4.69, 9.17) is 10.5 Å². The first kappa shape index (κ1) is 15.2. The van der Waals surface area contributed by atoms with E-state index in [1.165, 1.54) is 22.6 Å². The van der Waals surface area contributed by atoms with E-state index in [1.807, 2.05) is 27.7 Å². The van der Waals surface area contributed by atoms with Gasteiger partial charge in [0, 0.05) is 25.4 Å². The first-order valence-electron chi connectivity index (χ1n) is 6.44. The summed E-state index contributed by atoms with van der Waals surface area (Å²) in [5.41, 5.74) is 4.50. The minimum Gasteiger partial charge on any atom is -0.384 e. The lowest BCUT2D eigenvalue weighted by Crippen LogP contribution is -2.58. The molecule has 0 saturated carbocycles. The predicted octanol–water partition coefficient (Wildman–Crippen LogP) is 1.24. The highest BCUT2D eigenvalue weighted by molar-refractivity contribution is 7.89. The zero-order valence-electron chi connectivity index (χ0n) is 12.3. The summed E-state index contributed by atoms with van der Waals surface area (Å²) in [6.07, 6.45) is 1.40. The molecule has 7 heteroatoms. The number of sulfonamides is 1. The Bertz CT molecular complexity index is 595. The summed E-state index contributed by atoms with van der Waals surface area (Å²) >= 11 is 0. The van der Waals surface area contributed by atoms with Crippen LogP contribution in [0.1, 0.15) is 27.7 Å².